The van der Waals surface area contributed by atoms with Gasteiger partial charge in [0.25, 0.3) is 0 Å². The van der Waals surface area contributed by atoms with E-state index in [1.54, 1.807) is 0 Å². The Morgan fingerprint density at radius 3 is 1.90 bits per heavy atom. The molecule has 4 heteroatoms. The molecule has 3 heterocycles. The molecule has 2 nitrogen and oxygen atoms in total. The van der Waals surface area contributed by atoms with Crippen LogP contribution in [0.15, 0.2) is 58.3 Å². The lowest BCUT2D eigenvalue weighted by atomic mass is 9.74. The molecule has 3 aliphatic rings. The van der Waals surface area contributed by atoms with Gasteiger partial charge in [-0.05, 0) is 79.1 Å². The molecule has 0 saturated carbocycles. The van der Waals surface area contributed by atoms with Crippen molar-refractivity contribution in [2.24, 2.45) is 11.8 Å². The highest BCUT2D eigenvalue weighted by Gasteiger charge is 2.39. The first-order valence-electron chi connectivity index (χ1n) is 11.4. The maximum atomic E-state index is 2.80. The number of rotatable bonds is 9. The molecule has 0 spiro atoms. The van der Waals surface area contributed by atoms with Crippen LogP contribution in [0.3, 0.4) is 0 Å². The summed E-state index contributed by atoms with van der Waals surface area (Å²) in [5.74, 6) is 1.88. The first-order valence-corrected chi connectivity index (χ1v) is 13.9. The minimum absolute atomic E-state index is 0.725. The van der Waals surface area contributed by atoms with Crippen LogP contribution in [0.25, 0.3) is 0 Å². The molecular formula is C26H36N2S2. The van der Waals surface area contributed by atoms with Crippen LogP contribution < -0.4 is 0 Å². The Labute approximate surface area is 191 Å². The SMILES string of the molecule is CC[C@@H]1CN2CC[C@H]1C[C@@H]2CN(Cc1ccc(SC)cc1)Cc1ccc(SC)cc1. The smallest absolute Gasteiger partial charge is 0.0237 e. The second kappa shape index (κ2) is 10.6. The van der Waals surface area contributed by atoms with Crippen molar-refractivity contribution in [2.75, 3.05) is 32.1 Å². The van der Waals surface area contributed by atoms with E-state index in [9.17, 15) is 0 Å². The zero-order valence-corrected chi connectivity index (χ0v) is 20.4. The lowest BCUT2D eigenvalue weighted by Gasteiger charge is -2.51. The fourth-order valence-electron chi connectivity index (χ4n) is 5.36. The van der Waals surface area contributed by atoms with Gasteiger partial charge in [0.1, 0.15) is 0 Å². The molecule has 30 heavy (non-hydrogen) atoms. The van der Waals surface area contributed by atoms with Crippen LogP contribution in [-0.2, 0) is 13.1 Å². The van der Waals surface area contributed by atoms with E-state index in [0.29, 0.717) is 0 Å². The minimum Gasteiger partial charge on any atom is -0.299 e. The van der Waals surface area contributed by atoms with Crippen LogP contribution in [0.4, 0.5) is 0 Å². The van der Waals surface area contributed by atoms with Gasteiger partial charge in [0.15, 0.2) is 0 Å². The second-order valence-corrected chi connectivity index (χ2v) is 10.7. The van der Waals surface area contributed by atoms with Gasteiger partial charge in [-0.15, -0.1) is 23.5 Å². The summed E-state index contributed by atoms with van der Waals surface area (Å²) in [6.07, 6.45) is 8.46. The fourth-order valence-corrected chi connectivity index (χ4v) is 6.18. The Kier molecular flexibility index (Phi) is 7.85. The number of benzene rings is 2. The third kappa shape index (κ3) is 5.45. The summed E-state index contributed by atoms with van der Waals surface area (Å²) >= 11 is 3.64. The van der Waals surface area contributed by atoms with E-state index < -0.39 is 0 Å². The summed E-state index contributed by atoms with van der Waals surface area (Å²) in [7, 11) is 0. The van der Waals surface area contributed by atoms with E-state index in [-0.39, 0.29) is 0 Å². The van der Waals surface area contributed by atoms with Crippen LogP contribution >= 0.6 is 23.5 Å². The third-order valence-electron chi connectivity index (χ3n) is 7.14. The Bertz CT molecular complexity index is 740. The molecular weight excluding hydrogens is 404 g/mol. The van der Waals surface area contributed by atoms with Gasteiger partial charge in [0.05, 0.1) is 0 Å². The van der Waals surface area contributed by atoms with Crippen molar-refractivity contribution >= 4 is 23.5 Å². The number of piperidine rings is 3. The average molecular weight is 441 g/mol. The molecule has 5 rings (SSSR count). The van der Waals surface area contributed by atoms with E-state index in [0.717, 1.165) is 31.0 Å². The summed E-state index contributed by atoms with van der Waals surface area (Å²) in [4.78, 5) is 8.18. The van der Waals surface area contributed by atoms with Crippen molar-refractivity contribution in [1.29, 1.82) is 0 Å². The first kappa shape index (κ1) is 22.3. The van der Waals surface area contributed by atoms with Crippen LogP contribution in [0, 0.1) is 11.8 Å². The molecule has 0 amide bonds. The standard InChI is InChI=1S/C26H36N2S2/c1-4-22-18-28-14-13-23(22)15-24(28)19-27(16-20-5-9-25(29-2)10-6-20)17-21-7-11-26(30-3)12-8-21/h5-12,22-24H,4,13-19H2,1-3H3/t22-,23+,24-/m1/s1. The molecule has 0 aliphatic carbocycles. The van der Waals surface area contributed by atoms with Crippen molar-refractivity contribution in [3.63, 3.8) is 0 Å². The summed E-state index contributed by atoms with van der Waals surface area (Å²) in [5, 5.41) is 0. The van der Waals surface area contributed by atoms with Gasteiger partial charge < -0.3 is 0 Å². The molecule has 2 aromatic carbocycles. The van der Waals surface area contributed by atoms with E-state index in [4.69, 9.17) is 0 Å². The number of nitrogens with zero attached hydrogens (tertiary/aromatic N) is 2. The molecule has 0 aromatic heterocycles. The molecule has 3 aliphatic heterocycles. The Hall–Kier alpha value is -0.940. The van der Waals surface area contributed by atoms with Crippen LogP contribution in [0.1, 0.15) is 37.3 Å². The van der Waals surface area contributed by atoms with Crippen molar-refractivity contribution in [3.8, 4) is 0 Å². The van der Waals surface area contributed by atoms with Gasteiger partial charge in [0.2, 0.25) is 0 Å². The van der Waals surface area contributed by atoms with Crippen molar-refractivity contribution < 1.29 is 0 Å². The van der Waals surface area contributed by atoms with Crippen molar-refractivity contribution in [2.45, 2.75) is 55.1 Å². The summed E-state index contributed by atoms with van der Waals surface area (Å²) in [6.45, 7) is 8.26. The number of fused-ring (bicyclic) bond motifs is 3. The summed E-state index contributed by atoms with van der Waals surface area (Å²) < 4.78 is 0. The highest BCUT2D eigenvalue weighted by atomic mass is 32.2. The number of hydrogen-bond donors (Lipinski definition) is 0. The lowest BCUT2D eigenvalue weighted by molar-refractivity contribution is -0.0161. The lowest BCUT2D eigenvalue weighted by Crippen LogP contribution is -2.56. The average Bonchev–Trinajstić information content (AvgIpc) is 2.80. The minimum atomic E-state index is 0.725. The quantitative estimate of drug-likeness (QED) is 0.425. The molecule has 4 atom stereocenters. The molecule has 162 valence electrons. The third-order valence-corrected chi connectivity index (χ3v) is 8.62. The Morgan fingerprint density at radius 1 is 0.900 bits per heavy atom. The molecule has 2 bridgehead atoms. The highest BCUT2D eigenvalue weighted by molar-refractivity contribution is 7.98. The molecule has 3 saturated heterocycles. The van der Waals surface area contributed by atoms with E-state index in [1.807, 2.05) is 23.5 Å². The Morgan fingerprint density at radius 2 is 1.47 bits per heavy atom. The fraction of sp³-hybridized carbons (Fsp3) is 0.538. The summed E-state index contributed by atoms with van der Waals surface area (Å²) in [5.41, 5.74) is 2.85. The number of thioether (sulfide) groups is 2. The van der Waals surface area contributed by atoms with Gasteiger partial charge in [-0.1, -0.05) is 37.6 Å². The van der Waals surface area contributed by atoms with Crippen molar-refractivity contribution in [3.05, 3.63) is 59.7 Å². The molecule has 1 unspecified atom stereocenters. The topological polar surface area (TPSA) is 6.48 Å². The highest BCUT2D eigenvalue weighted by Crippen LogP contribution is 2.38. The zero-order chi connectivity index (χ0) is 20.9. The van der Waals surface area contributed by atoms with Gasteiger partial charge in [0, 0.05) is 42.0 Å². The van der Waals surface area contributed by atoms with Crippen molar-refractivity contribution in [1.82, 2.24) is 9.80 Å². The Balaban J connectivity index is 1.47. The van der Waals surface area contributed by atoms with Crippen LogP contribution in [-0.4, -0.2) is 48.0 Å². The van der Waals surface area contributed by atoms with Gasteiger partial charge >= 0.3 is 0 Å². The second-order valence-electron chi connectivity index (χ2n) is 8.97. The van der Waals surface area contributed by atoms with Gasteiger partial charge in [-0.25, -0.2) is 0 Å². The van der Waals surface area contributed by atoms with Crippen LogP contribution in [0.5, 0.6) is 0 Å². The maximum absolute atomic E-state index is 2.80. The largest absolute Gasteiger partial charge is 0.299 e. The molecule has 2 aromatic rings. The molecule has 0 N–H and O–H groups in total. The maximum Gasteiger partial charge on any atom is 0.0237 e. The van der Waals surface area contributed by atoms with E-state index in [2.05, 4.69) is 77.8 Å². The van der Waals surface area contributed by atoms with E-state index in [1.165, 1.54) is 59.8 Å². The molecule has 3 fully saturated rings. The number of hydrogen-bond acceptors (Lipinski definition) is 4. The van der Waals surface area contributed by atoms with Gasteiger partial charge in [-0.3, -0.25) is 9.80 Å². The predicted octanol–water partition coefficient (Wildman–Crippen LogP) is 6.25. The van der Waals surface area contributed by atoms with Gasteiger partial charge in [-0.2, -0.15) is 0 Å². The monoisotopic (exact) mass is 440 g/mol. The first-order chi connectivity index (χ1) is 14.7. The van der Waals surface area contributed by atoms with Crippen LogP contribution in [0.2, 0.25) is 0 Å². The predicted molar refractivity (Wildman–Crippen MR) is 132 cm³/mol. The molecule has 0 radical (unpaired) electrons. The zero-order valence-electron chi connectivity index (χ0n) is 18.7. The normalized spacial score (nSPS) is 25.7. The van der Waals surface area contributed by atoms with E-state index >= 15 is 0 Å². The summed E-state index contributed by atoms with van der Waals surface area (Å²) in [6, 6.07) is 19.1.